The molecule has 0 aliphatic carbocycles. The Morgan fingerprint density at radius 3 is 2.27 bits per heavy atom. The van der Waals surface area contributed by atoms with Crippen molar-refractivity contribution in [2.24, 2.45) is 0 Å². The van der Waals surface area contributed by atoms with Gasteiger partial charge in [0.25, 0.3) is 0 Å². The van der Waals surface area contributed by atoms with Crippen molar-refractivity contribution in [3.05, 3.63) is 58.1 Å². The van der Waals surface area contributed by atoms with Crippen molar-refractivity contribution in [2.75, 3.05) is 22.4 Å². The topological polar surface area (TPSA) is 66.5 Å². The van der Waals surface area contributed by atoms with Gasteiger partial charge in [-0.25, -0.2) is 8.42 Å². The maximum absolute atomic E-state index is 12.3. The number of halogens is 1. The van der Waals surface area contributed by atoms with Crippen LogP contribution in [0.1, 0.15) is 23.1 Å². The Morgan fingerprint density at radius 1 is 1.08 bits per heavy atom. The smallest absolute Gasteiger partial charge is 0.232 e. The van der Waals surface area contributed by atoms with Crippen LogP contribution in [0, 0.1) is 20.8 Å². The zero-order valence-electron chi connectivity index (χ0n) is 15.3. The molecular formula is C19H23ClN2O3S. The number of nitrogens with zero attached hydrogens (tertiary/aromatic N) is 1. The summed E-state index contributed by atoms with van der Waals surface area (Å²) in [5.74, 6) is -0.247. The maximum atomic E-state index is 12.3. The Hall–Kier alpha value is -2.05. The van der Waals surface area contributed by atoms with Gasteiger partial charge in [-0.1, -0.05) is 23.7 Å². The number of carbonyl (C=O) groups is 1. The fourth-order valence-corrected chi connectivity index (χ4v) is 3.93. The molecule has 26 heavy (non-hydrogen) atoms. The highest BCUT2D eigenvalue weighted by Crippen LogP contribution is 2.26. The monoisotopic (exact) mass is 394 g/mol. The minimum absolute atomic E-state index is 0.0337. The quantitative estimate of drug-likeness (QED) is 0.803. The van der Waals surface area contributed by atoms with Crippen LogP contribution in [-0.2, 0) is 14.8 Å². The number of benzene rings is 2. The number of sulfonamides is 1. The van der Waals surface area contributed by atoms with E-state index < -0.39 is 10.0 Å². The second-order valence-electron chi connectivity index (χ2n) is 6.44. The number of amides is 1. The number of aryl methyl sites for hydroxylation is 3. The predicted molar refractivity (Wildman–Crippen MR) is 108 cm³/mol. The Morgan fingerprint density at radius 2 is 1.69 bits per heavy atom. The van der Waals surface area contributed by atoms with E-state index in [9.17, 15) is 13.2 Å². The third-order valence-electron chi connectivity index (χ3n) is 3.89. The third-order valence-corrected chi connectivity index (χ3v) is 5.30. The van der Waals surface area contributed by atoms with Gasteiger partial charge in [-0.3, -0.25) is 9.10 Å². The molecule has 0 unspecified atom stereocenters. The van der Waals surface area contributed by atoms with E-state index in [1.54, 1.807) is 25.1 Å². The normalized spacial score (nSPS) is 11.3. The minimum atomic E-state index is -3.54. The van der Waals surface area contributed by atoms with Crippen LogP contribution >= 0.6 is 11.6 Å². The highest BCUT2D eigenvalue weighted by atomic mass is 35.5. The van der Waals surface area contributed by atoms with E-state index in [0.717, 1.165) is 22.9 Å². The minimum Gasteiger partial charge on any atom is -0.326 e. The molecule has 0 radical (unpaired) electrons. The molecule has 0 spiro atoms. The van der Waals surface area contributed by atoms with Crippen LogP contribution < -0.4 is 9.62 Å². The standard InChI is InChI=1S/C19H23ClN2O3S/c1-13-9-14(2)11-17(10-13)21-19(23)7-8-22(26(4,24)25)18-12-16(20)6-5-15(18)3/h5-6,9-12H,7-8H2,1-4H3,(H,21,23). The van der Waals surface area contributed by atoms with Gasteiger partial charge in [0.05, 0.1) is 11.9 Å². The molecule has 0 aliphatic rings. The van der Waals surface area contributed by atoms with Gasteiger partial charge < -0.3 is 5.32 Å². The van der Waals surface area contributed by atoms with Gasteiger partial charge in [0.1, 0.15) is 0 Å². The number of anilines is 2. The molecule has 140 valence electrons. The number of carbonyl (C=O) groups excluding carboxylic acids is 1. The molecule has 2 rings (SSSR count). The van der Waals surface area contributed by atoms with Crippen LogP contribution in [0.25, 0.3) is 0 Å². The first kappa shape index (κ1) is 20.3. The van der Waals surface area contributed by atoms with Gasteiger partial charge in [0.15, 0.2) is 0 Å². The van der Waals surface area contributed by atoms with E-state index in [1.807, 2.05) is 32.0 Å². The van der Waals surface area contributed by atoms with Crippen LogP contribution in [0.5, 0.6) is 0 Å². The number of hydrogen-bond donors (Lipinski definition) is 1. The summed E-state index contributed by atoms with van der Waals surface area (Å²) in [6, 6.07) is 10.8. The summed E-state index contributed by atoms with van der Waals surface area (Å²) >= 11 is 6.01. The first-order valence-corrected chi connectivity index (χ1v) is 10.4. The summed E-state index contributed by atoms with van der Waals surface area (Å²) in [6.45, 7) is 5.75. The summed E-state index contributed by atoms with van der Waals surface area (Å²) in [6.07, 6.45) is 1.15. The van der Waals surface area contributed by atoms with E-state index >= 15 is 0 Å². The number of nitrogens with one attached hydrogen (secondary N) is 1. The lowest BCUT2D eigenvalue weighted by Crippen LogP contribution is -2.33. The third kappa shape index (κ3) is 5.47. The molecule has 7 heteroatoms. The van der Waals surface area contributed by atoms with Gasteiger partial charge in [0, 0.05) is 23.7 Å². The van der Waals surface area contributed by atoms with E-state index in [-0.39, 0.29) is 18.9 Å². The molecule has 2 aromatic rings. The highest BCUT2D eigenvalue weighted by molar-refractivity contribution is 7.92. The van der Waals surface area contributed by atoms with E-state index in [1.165, 1.54) is 4.31 Å². The van der Waals surface area contributed by atoms with Gasteiger partial charge in [0.2, 0.25) is 15.9 Å². The second-order valence-corrected chi connectivity index (χ2v) is 8.78. The van der Waals surface area contributed by atoms with Crippen LogP contribution in [0.4, 0.5) is 11.4 Å². The van der Waals surface area contributed by atoms with Gasteiger partial charge >= 0.3 is 0 Å². The van der Waals surface area contributed by atoms with Crippen molar-refractivity contribution in [3.8, 4) is 0 Å². The first-order chi connectivity index (χ1) is 12.1. The van der Waals surface area contributed by atoms with Crippen molar-refractivity contribution in [1.29, 1.82) is 0 Å². The molecule has 5 nitrogen and oxygen atoms in total. The van der Waals surface area contributed by atoms with Gasteiger partial charge in [-0.2, -0.15) is 0 Å². The fraction of sp³-hybridized carbons (Fsp3) is 0.316. The largest absolute Gasteiger partial charge is 0.326 e. The Labute approximate surface area is 160 Å². The summed E-state index contributed by atoms with van der Waals surface area (Å²) < 4.78 is 25.6. The molecule has 0 aromatic heterocycles. The van der Waals surface area contributed by atoms with Crippen molar-refractivity contribution < 1.29 is 13.2 Å². The zero-order chi connectivity index (χ0) is 19.5. The second kappa shape index (κ2) is 8.10. The maximum Gasteiger partial charge on any atom is 0.232 e. The average Bonchev–Trinajstić information content (AvgIpc) is 2.48. The Kier molecular flexibility index (Phi) is 6.31. The molecule has 0 aliphatic heterocycles. The van der Waals surface area contributed by atoms with Crippen LogP contribution in [0.15, 0.2) is 36.4 Å². The SMILES string of the molecule is Cc1cc(C)cc(NC(=O)CCN(c2cc(Cl)ccc2C)S(C)(=O)=O)c1. The molecule has 0 atom stereocenters. The Bertz CT molecular complexity index is 906. The summed E-state index contributed by atoms with van der Waals surface area (Å²) in [5, 5.41) is 3.26. The summed E-state index contributed by atoms with van der Waals surface area (Å²) in [5.41, 5.74) is 4.06. The van der Waals surface area contributed by atoms with Gasteiger partial charge in [-0.05, 0) is 61.7 Å². The summed E-state index contributed by atoms with van der Waals surface area (Å²) in [7, 11) is -3.54. The van der Waals surface area contributed by atoms with Crippen LogP contribution in [-0.4, -0.2) is 27.1 Å². The molecule has 2 aromatic carbocycles. The zero-order valence-corrected chi connectivity index (χ0v) is 16.9. The molecule has 1 amide bonds. The molecule has 0 heterocycles. The lowest BCUT2D eigenvalue weighted by molar-refractivity contribution is -0.116. The molecule has 0 fully saturated rings. The molecule has 0 saturated carbocycles. The van der Waals surface area contributed by atoms with Crippen molar-refractivity contribution >= 4 is 38.9 Å². The van der Waals surface area contributed by atoms with Crippen LogP contribution in [0.3, 0.4) is 0 Å². The van der Waals surface area contributed by atoms with Crippen molar-refractivity contribution in [3.63, 3.8) is 0 Å². The van der Waals surface area contributed by atoms with Crippen LogP contribution in [0.2, 0.25) is 5.02 Å². The van der Waals surface area contributed by atoms with Crippen molar-refractivity contribution in [1.82, 2.24) is 0 Å². The molecule has 0 bridgehead atoms. The highest BCUT2D eigenvalue weighted by Gasteiger charge is 2.20. The first-order valence-electron chi connectivity index (χ1n) is 8.18. The van der Waals surface area contributed by atoms with E-state index in [0.29, 0.717) is 16.4 Å². The average molecular weight is 395 g/mol. The number of hydrogen-bond acceptors (Lipinski definition) is 3. The number of rotatable bonds is 6. The fourth-order valence-electron chi connectivity index (χ4n) is 2.79. The van der Waals surface area contributed by atoms with E-state index in [2.05, 4.69) is 5.32 Å². The molecule has 1 N–H and O–H groups in total. The summed E-state index contributed by atoms with van der Waals surface area (Å²) in [4.78, 5) is 12.3. The molecular weight excluding hydrogens is 372 g/mol. The van der Waals surface area contributed by atoms with Gasteiger partial charge in [-0.15, -0.1) is 0 Å². The predicted octanol–water partition coefficient (Wildman–Crippen LogP) is 4.06. The lowest BCUT2D eigenvalue weighted by atomic mass is 10.1. The molecule has 0 saturated heterocycles. The van der Waals surface area contributed by atoms with Crippen molar-refractivity contribution in [2.45, 2.75) is 27.2 Å². The Balaban J connectivity index is 2.15. The lowest BCUT2D eigenvalue weighted by Gasteiger charge is -2.24. The van der Waals surface area contributed by atoms with E-state index in [4.69, 9.17) is 11.6 Å².